The summed E-state index contributed by atoms with van der Waals surface area (Å²) in [6, 6.07) is 12.8. The number of hydrogen-bond donors (Lipinski definition) is 1. The van der Waals surface area contributed by atoms with Crippen molar-refractivity contribution in [1.82, 2.24) is 9.80 Å². The Labute approximate surface area is 182 Å². The lowest BCUT2D eigenvalue weighted by molar-refractivity contribution is 0.118. The van der Waals surface area contributed by atoms with Crippen LogP contribution < -0.4 is 0 Å². The highest BCUT2D eigenvalue weighted by atomic mass is 35.5. The minimum Gasteiger partial charge on any atom is -0.396 e. The van der Waals surface area contributed by atoms with Crippen LogP contribution in [0.1, 0.15) is 17.9 Å². The van der Waals surface area contributed by atoms with Crippen molar-refractivity contribution in [3.05, 3.63) is 53.1 Å². The normalized spacial score (nSPS) is 19.8. The largest absolute Gasteiger partial charge is 0.396 e. The summed E-state index contributed by atoms with van der Waals surface area (Å²) in [5.41, 5.74) is 2.58. The number of urea groups is 1. The summed E-state index contributed by atoms with van der Waals surface area (Å²) in [6.07, 6.45) is 2.04. The van der Waals surface area contributed by atoms with E-state index in [-0.39, 0.29) is 29.4 Å². The van der Waals surface area contributed by atoms with E-state index < -0.39 is 9.84 Å². The lowest BCUT2D eigenvalue weighted by Crippen LogP contribution is -2.53. The monoisotopic (exact) mass is 448 g/mol. The molecule has 1 atom stereocenters. The van der Waals surface area contributed by atoms with Gasteiger partial charge in [0.25, 0.3) is 0 Å². The second-order valence-electron chi connectivity index (χ2n) is 8.20. The molecule has 0 saturated carbocycles. The Morgan fingerprint density at radius 3 is 2.40 bits per heavy atom. The summed E-state index contributed by atoms with van der Waals surface area (Å²) < 4.78 is 24.3. The fraction of sp³-hybridized carbons (Fsp3) is 0.409. The zero-order valence-corrected chi connectivity index (χ0v) is 18.4. The second-order valence-corrected chi connectivity index (χ2v) is 10.6. The van der Waals surface area contributed by atoms with E-state index in [2.05, 4.69) is 0 Å². The maximum absolute atomic E-state index is 12.6. The van der Waals surface area contributed by atoms with Crippen LogP contribution in [-0.4, -0.2) is 68.4 Å². The molecule has 2 aliphatic heterocycles. The number of halogens is 1. The molecular weight excluding hydrogens is 424 g/mol. The molecule has 8 heteroatoms. The SMILES string of the molecule is CS(=O)(=O)c1cc(Cl)ccc1-c1ccc(C2CN(C(=O)N3CC[C@@H](CO)C3)C2)cc1. The van der Waals surface area contributed by atoms with Gasteiger partial charge in [-0.3, -0.25) is 0 Å². The first-order valence-corrected chi connectivity index (χ1v) is 12.3. The first kappa shape index (κ1) is 21.2. The average molecular weight is 449 g/mol. The molecule has 2 aromatic carbocycles. The fourth-order valence-corrected chi connectivity index (χ4v) is 5.34. The Morgan fingerprint density at radius 1 is 1.10 bits per heavy atom. The molecule has 2 amide bonds. The van der Waals surface area contributed by atoms with Crippen LogP contribution in [0.5, 0.6) is 0 Å². The molecule has 6 nitrogen and oxygen atoms in total. The summed E-state index contributed by atoms with van der Waals surface area (Å²) in [7, 11) is -3.40. The Morgan fingerprint density at radius 2 is 1.80 bits per heavy atom. The van der Waals surface area contributed by atoms with Gasteiger partial charge < -0.3 is 14.9 Å². The molecule has 2 saturated heterocycles. The van der Waals surface area contributed by atoms with E-state index in [1.807, 2.05) is 34.1 Å². The summed E-state index contributed by atoms with van der Waals surface area (Å²) in [6.45, 7) is 2.83. The third-order valence-electron chi connectivity index (χ3n) is 6.00. The maximum atomic E-state index is 12.6. The molecule has 0 bridgehead atoms. The van der Waals surface area contributed by atoms with Crippen LogP contribution in [0.4, 0.5) is 4.79 Å². The molecular formula is C22H25ClN2O4S. The van der Waals surface area contributed by atoms with Crippen molar-refractivity contribution in [3.8, 4) is 11.1 Å². The molecule has 30 heavy (non-hydrogen) atoms. The van der Waals surface area contributed by atoms with Gasteiger partial charge in [-0.15, -0.1) is 0 Å². The van der Waals surface area contributed by atoms with Crippen LogP contribution in [0.2, 0.25) is 5.02 Å². The fourth-order valence-electron chi connectivity index (χ4n) is 4.18. The Balaban J connectivity index is 1.43. The van der Waals surface area contributed by atoms with Gasteiger partial charge in [-0.05, 0) is 29.7 Å². The van der Waals surface area contributed by atoms with Gasteiger partial charge in [0.2, 0.25) is 0 Å². The van der Waals surface area contributed by atoms with Gasteiger partial charge in [0.1, 0.15) is 0 Å². The van der Waals surface area contributed by atoms with E-state index >= 15 is 0 Å². The Bertz CT molecular complexity index is 1050. The number of sulfone groups is 1. The number of carbonyl (C=O) groups excluding carboxylic acids is 1. The van der Waals surface area contributed by atoms with Crippen molar-refractivity contribution in [2.24, 2.45) is 5.92 Å². The number of nitrogens with zero attached hydrogens (tertiary/aromatic N) is 2. The zero-order chi connectivity index (χ0) is 21.5. The number of rotatable bonds is 4. The molecule has 0 radical (unpaired) electrons. The standard InChI is InChI=1S/C22H25ClN2O4S/c1-30(28,29)21-10-19(23)6-7-20(21)17-4-2-16(3-5-17)18-12-25(13-18)22(27)24-9-8-15(11-24)14-26/h2-7,10,15,18,26H,8-9,11-14H2,1H3/t15-/m1/s1. The van der Waals surface area contributed by atoms with Crippen LogP contribution in [0.15, 0.2) is 47.4 Å². The Kier molecular flexibility index (Phi) is 5.79. The summed E-state index contributed by atoms with van der Waals surface area (Å²) in [5.74, 6) is 0.474. The average Bonchev–Trinajstić information content (AvgIpc) is 3.16. The highest BCUT2D eigenvalue weighted by Crippen LogP contribution is 2.33. The second kappa shape index (κ2) is 8.21. The quantitative estimate of drug-likeness (QED) is 0.778. The predicted molar refractivity (Wildman–Crippen MR) is 116 cm³/mol. The van der Waals surface area contributed by atoms with Crippen LogP contribution in [0, 0.1) is 5.92 Å². The Hall–Kier alpha value is -2.09. The van der Waals surface area contributed by atoms with E-state index in [1.165, 1.54) is 12.3 Å². The van der Waals surface area contributed by atoms with E-state index in [1.54, 1.807) is 12.1 Å². The maximum Gasteiger partial charge on any atom is 0.320 e. The first-order valence-electron chi connectivity index (χ1n) is 10.0. The lowest BCUT2D eigenvalue weighted by atomic mass is 9.90. The predicted octanol–water partition coefficient (Wildman–Crippen LogP) is 3.24. The molecule has 2 heterocycles. The molecule has 0 aromatic heterocycles. The first-order chi connectivity index (χ1) is 14.3. The van der Waals surface area contributed by atoms with Crippen LogP contribution in [-0.2, 0) is 9.84 Å². The summed E-state index contributed by atoms with van der Waals surface area (Å²) in [5, 5.41) is 9.64. The number of aliphatic hydroxyl groups is 1. The molecule has 0 spiro atoms. The number of hydrogen-bond acceptors (Lipinski definition) is 4. The van der Waals surface area contributed by atoms with Crippen molar-refractivity contribution in [1.29, 1.82) is 0 Å². The van der Waals surface area contributed by atoms with Crippen LogP contribution in [0.3, 0.4) is 0 Å². The number of benzene rings is 2. The third-order valence-corrected chi connectivity index (χ3v) is 7.37. The zero-order valence-electron chi connectivity index (χ0n) is 16.8. The number of carbonyl (C=O) groups is 1. The van der Waals surface area contributed by atoms with Crippen molar-refractivity contribution in [3.63, 3.8) is 0 Å². The van der Waals surface area contributed by atoms with Gasteiger partial charge in [-0.2, -0.15) is 0 Å². The van der Waals surface area contributed by atoms with Gasteiger partial charge in [-0.25, -0.2) is 13.2 Å². The summed E-state index contributed by atoms with van der Waals surface area (Å²) in [4.78, 5) is 16.5. The highest BCUT2D eigenvalue weighted by Gasteiger charge is 2.36. The smallest absolute Gasteiger partial charge is 0.320 e. The molecule has 0 unspecified atom stereocenters. The van der Waals surface area contributed by atoms with Crippen molar-refractivity contribution in [2.75, 3.05) is 39.0 Å². The van der Waals surface area contributed by atoms with Crippen LogP contribution in [0.25, 0.3) is 11.1 Å². The van der Waals surface area contributed by atoms with Crippen LogP contribution >= 0.6 is 11.6 Å². The van der Waals surface area contributed by atoms with Crippen molar-refractivity contribution >= 4 is 27.5 Å². The van der Waals surface area contributed by atoms with E-state index in [0.717, 1.165) is 17.5 Å². The summed E-state index contributed by atoms with van der Waals surface area (Å²) >= 11 is 5.99. The molecule has 2 fully saturated rings. The van der Waals surface area contributed by atoms with Crippen molar-refractivity contribution < 1.29 is 18.3 Å². The van der Waals surface area contributed by atoms with E-state index in [4.69, 9.17) is 11.6 Å². The third kappa shape index (κ3) is 4.19. The van der Waals surface area contributed by atoms with Gasteiger partial charge in [-0.1, -0.05) is 41.9 Å². The molecule has 1 N–H and O–H groups in total. The van der Waals surface area contributed by atoms with E-state index in [9.17, 15) is 18.3 Å². The molecule has 160 valence electrons. The molecule has 4 rings (SSSR count). The number of aliphatic hydroxyl groups excluding tert-OH is 1. The van der Waals surface area contributed by atoms with Gasteiger partial charge in [0.15, 0.2) is 9.84 Å². The molecule has 0 aliphatic carbocycles. The highest BCUT2D eigenvalue weighted by molar-refractivity contribution is 7.90. The van der Waals surface area contributed by atoms with Gasteiger partial charge in [0.05, 0.1) is 4.90 Å². The number of amides is 2. The van der Waals surface area contributed by atoms with Gasteiger partial charge in [0, 0.05) is 61.5 Å². The minimum atomic E-state index is -3.40. The topological polar surface area (TPSA) is 77.9 Å². The molecule has 2 aliphatic rings. The minimum absolute atomic E-state index is 0.0535. The number of likely N-dealkylation sites (tertiary alicyclic amines) is 2. The molecule has 2 aromatic rings. The lowest BCUT2D eigenvalue weighted by Gasteiger charge is -2.41. The van der Waals surface area contributed by atoms with Crippen molar-refractivity contribution in [2.45, 2.75) is 17.2 Å². The van der Waals surface area contributed by atoms with E-state index in [0.29, 0.717) is 36.8 Å². The van der Waals surface area contributed by atoms with Gasteiger partial charge >= 0.3 is 6.03 Å².